The van der Waals surface area contributed by atoms with E-state index in [1.165, 1.54) is 0 Å². The molecule has 0 spiro atoms. The van der Waals surface area contributed by atoms with E-state index in [2.05, 4.69) is 15.2 Å². The number of hydrogen-bond acceptors (Lipinski definition) is 5. The number of ether oxygens (including phenoxy) is 1. The van der Waals surface area contributed by atoms with Gasteiger partial charge in [0.15, 0.2) is 0 Å². The third kappa shape index (κ3) is 3.98. The summed E-state index contributed by atoms with van der Waals surface area (Å²) in [7, 11) is 1.55. The van der Waals surface area contributed by atoms with Crippen LogP contribution in [0.5, 0.6) is 5.88 Å². The number of carbonyl (C=O) groups is 1. The molecule has 3 heterocycles. The van der Waals surface area contributed by atoms with Crippen LogP contribution in [0.1, 0.15) is 34.6 Å². The first-order chi connectivity index (χ1) is 14.6. The Labute approximate surface area is 174 Å². The van der Waals surface area contributed by atoms with E-state index >= 15 is 0 Å². The van der Waals surface area contributed by atoms with E-state index in [0.717, 1.165) is 29.9 Å². The van der Waals surface area contributed by atoms with Crippen molar-refractivity contribution in [2.45, 2.75) is 26.2 Å². The number of rotatable bonds is 5. The van der Waals surface area contributed by atoms with Crippen LogP contribution in [-0.2, 0) is 6.42 Å². The molecule has 4 rings (SSSR count). The van der Waals surface area contributed by atoms with E-state index in [1.807, 2.05) is 36.1 Å². The summed E-state index contributed by atoms with van der Waals surface area (Å²) >= 11 is 0. The van der Waals surface area contributed by atoms with Gasteiger partial charge in [0.2, 0.25) is 5.88 Å². The number of methoxy groups -OCH3 is 1. The molecule has 0 radical (unpaired) electrons. The monoisotopic (exact) mass is 407 g/mol. The van der Waals surface area contributed by atoms with Crippen LogP contribution >= 0.6 is 0 Å². The number of benzene rings is 1. The Morgan fingerprint density at radius 1 is 1.20 bits per heavy atom. The van der Waals surface area contributed by atoms with E-state index in [0.29, 0.717) is 36.9 Å². The summed E-state index contributed by atoms with van der Waals surface area (Å²) in [6, 6.07) is 11.2. The first-order valence-electron chi connectivity index (χ1n) is 10.1. The summed E-state index contributed by atoms with van der Waals surface area (Å²) in [6.45, 7) is 3.33. The minimum Gasteiger partial charge on any atom is -0.481 e. The summed E-state index contributed by atoms with van der Waals surface area (Å²) in [6.07, 6.45) is 3.98. The molecule has 0 bridgehead atoms. The van der Waals surface area contributed by atoms with Gasteiger partial charge < -0.3 is 9.64 Å². The zero-order chi connectivity index (χ0) is 21.1. The number of pyridine rings is 1. The molecule has 1 amide bonds. The predicted molar refractivity (Wildman–Crippen MR) is 112 cm³/mol. The number of aryl methyl sites for hydroxylation is 1. The summed E-state index contributed by atoms with van der Waals surface area (Å²) < 4.78 is 6.71. The molecule has 0 atom stereocenters. The van der Waals surface area contributed by atoms with Crippen LogP contribution in [0.25, 0.3) is 5.69 Å². The maximum atomic E-state index is 12.7. The van der Waals surface area contributed by atoms with Gasteiger partial charge in [-0.3, -0.25) is 4.79 Å². The number of nitrogens with one attached hydrogen (secondary N) is 1. The van der Waals surface area contributed by atoms with Gasteiger partial charge >= 0.3 is 5.69 Å². The summed E-state index contributed by atoms with van der Waals surface area (Å²) in [4.78, 5) is 31.1. The lowest BCUT2D eigenvalue weighted by Gasteiger charge is -2.32. The predicted octanol–water partition coefficient (Wildman–Crippen LogP) is 2.37. The lowest BCUT2D eigenvalue weighted by Crippen LogP contribution is -2.39. The largest absolute Gasteiger partial charge is 0.481 e. The molecule has 156 valence electrons. The quantitative estimate of drug-likeness (QED) is 0.701. The highest BCUT2D eigenvalue weighted by molar-refractivity contribution is 5.94. The molecule has 1 fully saturated rings. The molecule has 1 aliphatic heterocycles. The van der Waals surface area contributed by atoms with Crippen LogP contribution in [-0.4, -0.2) is 50.8 Å². The van der Waals surface area contributed by atoms with Crippen molar-refractivity contribution in [1.29, 1.82) is 0 Å². The maximum absolute atomic E-state index is 12.7. The van der Waals surface area contributed by atoms with Gasteiger partial charge in [-0.15, -0.1) is 0 Å². The third-order valence-electron chi connectivity index (χ3n) is 5.66. The highest BCUT2D eigenvalue weighted by atomic mass is 16.5. The van der Waals surface area contributed by atoms with Crippen molar-refractivity contribution in [2.24, 2.45) is 5.92 Å². The topological polar surface area (TPSA) is 93.1 Å². The number of para-hydroxylation sites is 1. The first kappa shape index (κ1) is 19.9. The Balaban J connectivity index is 1.42. The highest BCUT2D eigenvalue weighted by Gasteiger charge is 2.26. The number of carbonyl (C=O) groups excluding carboxylic acids is 1. The van der Waals surface area contributed by atoms with E-state index in [4.69, 9.17) is 4.74 Å². The molecule has 8 heteroatoms. The van der Waals surface area contributed by atoms with Crippen LogP contribution in [0.15, 0.2) is 47.4 Å². The normalized spacial score (nSPS) is 14.7. The van der Waals surface area contributed by atoms with Gasteiger partial charge in [-0.05, 0) is 43.4 Å². The molecular weight excluding hydrogens is 382 g/mol. The number of aromatic amines is 1. The number of nitrogens with zero attached hydrogens (tertiary/aromatic N) is 4. The Morgan fingerprint density at radius 2 is 1.97 bits per heavy atom. The van der Waals surface area contributed by atoms with Crippen LogP contribution in [0.4, 0.5) is 0 Å². The Hall–Kier alpha value is -3.42. The average molecular weight is 407 g/mol. The molecule has 30 heavy (non-hydrogen) atoms. The van der Waals surface area contributed by atoms with Gasteiger partial charge in [0.05, 0.1) is 18.4 Å². The smallest absolute Gasteiger partial charge is 0.347 e. The van der Waals surface area contributed by atoms with Crippen molar-refractivity contribution >= 4 is 5.91 Å². The molecule has 3 aromatic rings. The molecule has 1 aromatic carbocycles. The zero-order valence-electron chi connectivity index (χ0n) is 17.2. The number of likely N-dealkylation sites (tertiary alicyclic amines) is 1. The number of H-pyrrole nitrogens is 1. The molecule has 1 saturated heterocycles. The van der Waals surface area contributed by atoms with Crippen molar-refractivity contribution in [2.75, 3.05) is 20.2 Å². The second-order valence-corrected chi connectivity index (χ2v) is 7.60. The summed E-state index contributed by atoms with van der Waals surface area (Å²) in [5.41, 5.74) is 2.22. The molecule has 0 aliphatic carbocycles. The maximum Gasteiger partial charge on any atom is 0.347 e. The van der Waals surface area contributed by atoms with Crippen molar-refractivity contribution in [1.82, 2.24) is 24.6 Å². The second kappa shape index (κ2) is 8.52. The van der Waals surface area contributed by atoms with Crippen molar-refractivity contribution in [3.63, 3.8) is 0 Å². The summed E-state index contributed by atoms with van der Waals surface area (Å²) in [5.74, 6) is 1.57. The van der Waals surface area contributed by atoms with Crippen LogP contribution in [0, 0.1) is 12.8 Å². The highest BCUT2D eigenvalue weighted by Crippen LogP contribution is 2.23. The van der Waals surface area contributed by atoms with Crippen molar-refractivity contribution in [3.05, 3.63) is 70.0 Å². The average Bonchev–Trinajstić information content (AvgIpc) is 3.14. The van der Waals surface area contributed by atoms with E-state index in [1.54, 1.807) is 30.0 Å². The SMILES string of the molecule is COc1ccc(C(=O)N2CCC(Cc3n[nH]c(=O)n3-c3ccccc3C)CC2)cn1. The van der Waals surface area contributed by atoms with Crippen LogP contribution in [0.2, 0.25) is 0 Å². The minimum absolute atomic E-state index is 0.0137. The fourth-order valence-electron chi connectivity index (χ4n) is 3.94. The van der Waals surface area contributed by atoms with Crippen molar-refractivity contribution in [3.8, 4) is 11.6 Å². The van der Waals surface area contributed by atoms with E-state index < -0.39 is 0 Å². The summed E-state index contributed by atoms with van der Waals surface area (Å²) in [5, 5.41) is 6.86. The number of aromatic nitrogens is 4. The van der Waals surface area contributed by atoms with Gasteiger partial charge in [-0.1, -0.05) is 18.2 Å². The molecule has 1 aliphatic rings. The van der Waals surface area contributed by atoms with E-state index in [-0.39, 0.29) is 11.6 Å². The molecule has 1 N–H and O–H groups in total. The molecule has 2 aromatic heterocycles. The van der Waals surface area contributed by atoms with Crippen LogP contribution in [0.3, 0.4) is 0 Å². The molecule has 8 nitrogen and oxygen atoms in total. The number of amides is 1. The first-order valence-corrected chi connectivity index (χ1v) is 10.1. The lowest BCUT2D eigenvalue weighted by molar-refractivity contribution is 0.0689. The number of hydrogen-bond donors (Lipinski definition) is 1. The third-order valence-corrected chi connectivity index (χ3v) is 5.66. The second-order valence-electron chi connectivity index (χ2n) is 7.60. The van der Waals surface area contributed by atoms with Crippen LogP contribution < -0.4 is 10.4 Å². The fourth-order valence-corrected chi connectivity index (χ4v) is 3.94. The lowest BCUT2D eigenvalue weighted by atomic mass is 9.93. The molecule has 0 saturated carbocycles. The van der Waals surface area contributed by atoms with Crippen molar-refractivity contribution < 1.29 is 9.53 Å². The Morgan fingerprint density at radius 3 is 2.63 bits per heavy atom. The van der Waals surface area contributed by atoms with Gasteiger partial charge in [0, 0.05) is 31.8 Å². The standard InChI is InChI=1S/C22H25N5O3/c1-15-5-3-4-6-18(15)27-19(24-25-22(27)29)13-16-9-11-26(12-10-16)21(28)17-7-8-20(30-2)23-14-17/h3-8,14,16H,9-13H2,1-2H3,(H,25,29). The zero-order valence-corrected chi connectivity index (χ0v) is 17.2. The van der Waals surface area contributed by atoms with Gasteiger partial charge in [0.25, 0.3) is 5.91 Å². The van der Waals surface area contributed by atoms with Gasteiger partial charge in [0.1, 0.15) is 5.82 Å². The van der Waals surface area contributed by atoms with E-state index in [9.17, 15) is 9.59 Å². The molecule has 0 unspecified atom stereocenters. The Bertz CT molecular complexity index is 1080. The number of piperidine rings is 1. The molecular formula is C22H25N5O3. The minimum atomic E-state index is -0.223. The van der Waals surface area contributed by atoms with Gasteiger partial charge in [-0.25, -0.2) is 19.4 Å². The fraction of sp³-hybridized carbons (Fsp3) is 0.364. The Kier molecular flexibility index (Phi) is 5.65. The van der Waals surface area contributed by atoms with Gasteiger partial charge in [-0.2, -0.15) is 5.10 Å².